The van der Waals surface area contributed by atoms with E-state index in [1.807, 2.05) is 7.11 Å². The fraction of sp³-hybridized carbons (Fsp3) is 0.571. The average Bonchev–Trinajstić information content (AvgIpc) is 2.34. The molecule has 2 rings (SSSR count). The Hall–Kier alpha value is -0.380. The number of benzene rings is 1. The van der Waals surface area contributed by atoms with E-state index in [1.54, 1.807) is 0 Å². The topological polar surface area (TPSA) is 12.5 Å². The minimum Gasteiger partial charge on any atom is -0.380 e. The van der Waals surface area contributed by atoms with Crippen molar-refractivity contribution in [3.63, 3.8) is 0 Å². The molecule has 2 atom stereocenters. The van der Waals surface area contributed by atoms with Gasteiger partial charge in [-0.3, -0.25) is 4.90 Å². The number of hydrogen-bond acceptors (Lipinski definition) is 2. The van der Waals surface area contributed by atoms with Crippen molar-refractivity contribution in [1.82, 2.24) is 4.90 Å². The SMILES string of the molecule is COC1CN(Cc2ccccc2Br)CCC1C. The lowest BCUT2D eigenvalue weighted by molar-refractivity contribution is -0.00750. The van der Waals surface area contributed by atoms with E-state index < -0.39 is 0 Å². The van der Waals surface area contributed by atoms with Crippen LogP contribution in [0.4, 0.5) is 0 Å². The summed E-state index contributed by atoms with van der Waals surface area (Å²) in [5.41, 5.74) is 1.36. The molecule has 0 spiro atoms. The molecular weight excluding hydrogens is 278 g/mol. The Bertz CT molecular complexity index is 369. The van der Waals surface area contributed by atoms with Gasteiger partial charge in [0.25, 0.3) is 0 Å². The summed E-state index contributed by atoms with van der Waals surface area (Å²) in [6, 6.07) is 8.45. The van der Waals surface area contributed by atoms with Crippen LogP contribution in [0.15, 0.2) is 28.7 Å². The number of methoxy groups -OCH3 is 1. The molecule has 0 N–H and O–H groups in total. The lowest BCUT2D eigenvalue weighted by Crippen LogP contribution is -2.43. The maximum atomic E-state index is 5.55. The van der Waals surface area contributed by atoms with Gasteiger partial charge >= 0.3 is 0 Å². The molecule has 1 heterocycles. The Morgan fingerprint density at radius 1 is 1.41 bits per heavy atom. The van der Waals surface area contributed by atoms with Crippen LogP contribution in [0.2, 0.25) is 0 Å². The van der Waals surface area contributed by atoms with Crippen molar-refractivity contribution in [1.29, 1.82) is 0 Å². The van der Waals surface area contributed by atoms with Gasteiger partial charge in [0, 0.05) is 24.7 Å². The zero-order valence-electron chi connectivity index (χ0n) is 10.5. The van der Waals surface area contributed by atoms with Crippen molar-refractivity contribution in [3.05, 3.63) is 34.3 Å². The molecule has 0 radical (unpaired) electrons. The van der Waals surface area contributed by atoms with Gasteiger partial charge in [0.05, 0.1) is 6.10 Å². The molecule has 1 fully saturated rings. The highest BCUT2D eigenvalue weighted by Crippen LogP contribution is 2.23. The molecule has 1 aliphatic rings. The van der Waals surface area contributed by atoms with Gasteiger partial charge in [0.2, 0.25) is 0 Å². The number of halogens is 1. The van der Waals surface area contributed by atoms with Crippen LogP contribution in [0.5, 0.6) is 0 Å². The second-order valence-corrected chi connectivity index (χ2v) is 5.72. The van der Waals surface area contributed by atoms with Crippen molar-refractivity contribution in [3.8, 4) is 0 Å². The van der Waals surface area contributed by atoms with E-state index in [-0.39, 0.29) is 0 Å². The molecule has 3 heteroatoms. The van der Waals surface area contributed by atoms with E-state index in [0.29, 0.717) is 12.0 Å². The molecule has 1 aromatic rings. The monoisotopic (exact) mass is 297 g/mol. The molecule has 0 saturated carbocycles. The van der Waals surface area contributed by atoms with Crippen molar-refractivity contribution in [2.75, 3.05) is 20.2 Å². The smallest absolute Gasteiger partial charge is 0.0724 e. The summed E-state index contributed by atoms with van der Waals surface area (Å²) in [6.45, 7) is 5.50. The normalized spacial score (nSPS) is 26.1. The third kappa shape index (κ3) is 3.30. The molecular formula is C14H20BrNO. The molecule has 0 aromatic heterocycles. The van der Waals surface area contributed by atoms with Gasteiger partial charge in [-0.2, -0.15) is 0 Å². The van der Waals surface area contributed by atoms with Crippen LogP contribution in [-0.2, 0) is 11.3 Å². The first-order valence-corrected chi connectivity index (χ1v) is 6.98. The summed E-state index contributed by atoms with van der Waals surface area (Å²) in [5.74, 6) is 0.676. The van der Waals surface area contributed by atoms with E-state index in [9.17, 15) is 0 Å². The Kier molecular flexibility index (Phi) is 4.60. The number of ether oxygens (including phenoxy) is 1. The molecule has 0 amide bonds. The van der Waals surface area contributed by atoms with Crippen molar-refractivity contribution in [2.24, 2.45) is 5.92 Å². The number of piperidine rings is 1. The second kappa shape index (κ2) is 5.98. The fourth-order valence-corrected chi connectivity index (χ4v) is 2.83. The average molecular weight is 298 g/mol. The molecule has 94 valence electrons. The Morgan fingerprint density at radius 2 is 2.18 bits per heavy atom. The van der Waals surface area contributed by atoms with Crippen LogP contribution in [-0.4, -0.2) is 31.2 Å². The summed E-state index contributed by atoms with van der Waals surface area (Å²) < 4.78 is 6.75. The summed E-state index contributed by atoms with van der Waals surface area (Å²) >= 11 is 3.61. The number of hydrogen-bond donors (Lipinski definition) is 0. The quantitative estimate of drug-likeness (QED) is 0.849. The largest absolute Gasteiger partial charge is 0.380 e. The lowest BCUT2D eigenvalue weighted by atomic mass is 9.95. The van der Waals surface area contributed by atoms with Crippen molar-refractivity contribution in [2.45, 2.75) is 26.0 Å². The second-order valence-electron chi connectivity index (χ2n) is 4.87. The van der Waals surface area contributed by atoms with E-state index in [2.05, 4.69) is 52.0 Å². The summed E-state index contributed by atoms with van der Waals surface area (Å²) in [7, 11) is 1.82. The van der Waals surface area contributed by atoms with Gasteiger partial charge in [-0.25, -0.2) is 0 Å². The Balaban J connectivity index is 1.98. The fourth-order valence-electron chi connectivity index (χ4n) is 2.42. The molecule has 1 saturated heterocycles. The predicted octanol–water partition coefficient (Wildman–Crippen LogP) is 3.31. The predicted molar refractivity (Wildman–Crippen MR) is 74.0 cm³/mol. The highest BCUT2D eigenvalue weighted by molar-refractivity contribution is 9.10. The van der Waals surface area contributed by atoms with Crippen LogP contribution in [0.25, 0.3) is 0 Å². The molecule has 1 aliphatic heterocycles. The van der Waals surface area contributed by atoms with Crippen LogP contribution in [0, 0.1) is 5.92 Å². The third-order valence-corrected chi connectivity index (χ3v) is 4.40. The third-order valence-electron chi connectivity index (χ3n) is 3.63. The zero-order chi connectivity index (χ0) is 12.3. The molecule has 2 unspecified atom stereocenters. The maximum Gasteiger partial charge on any atom is 0.0724 e. The highest BCUT2D eigenvalue weighted by atomic mass is 79.9. The van der Waals surface area contributed by atoms with Crippen LogP contribution < -0.4 is 0 Å². The van der Waals surface area contributed by atoms with Crippen LogP contribution in [0.3, 0.4) is 0 Å². The Morgan fingerprint density at radius 3 is 2.88 bits per heavy atom. The molecule has 0 bridgehead atoms. The van der Waals surface area contributed by atoms with E-state index in [4.69, 9.17) is 4.74 Å². The first-order chi connectivity index (χ1) is 8.20. The van der Waals surface area contributed by atoms with Gasteiger partial charge in [0.1, 0.15) is 0 Å². The number of likely N-dealkylation sites (tertiary alicyclic amines) is 1. The highest BCUT2D eigenvalue weighted by Gasteiger charge is 2.25. The Labute approximate surface area is 112 Å². The van der Waals surface area contributed by atoms with E-state index >= 15 is 0 Å². The minimum atomic E-state index is 0.381. The minimum absolute atomic E-state index is 0.381. The molecule has 2 nitrogen and oxygen atoms in total. The van der Waals surface area contributed by atoms with Crippen LogP contribution >= 0.6 is 15.9 Å². The van der Waals surface area contributed by atoms with Crippen molar-refractivity contribution >= 4 is 15.9 Å². The number of rotatable bonds is 3. The first-order valence-electron chi connectivity index (χ1n) is 6.19. The first kappa shape index (κ1) is 13.1. The zero-order valence-corrected chi connectivity index (χ0v) is 12.1. The molecule has 17 heavy (non-hydrogen) atoms. The van der Waals surface area contributed by atoms with Crippen molar-refractivity contribution < 1.29 is 4.74 Å². The summed E-state index contributed by atoms with van der Waals surface area (Å²) in [5, 5.41) is 0. The standard InChI is InChI=1S/C14H20BrNO/c1-11-7-8-16(10-14(11)17-2)9-12-5-3-4-6-13(12)15/h3-6,11,14H,7-10H2,1-2H3. The molecule has 1 aromatic carbocycles. The summed E-state index contributed by atoms with van der Waals surface area (Å²) in [6.07, 6.45) is 1.61. The van der Waals surface area contributed by atoms with E-state index in [1.165, 1.54) is 23.0 Å². The maximum absolute atomic E-state index is 5.55. The van der Waals surface area contributed by atoms with Gasteiger partial charge in [-0.15, -0.1) is 0 Å². The van der Waals surface area contributed by atoms with Gasteiger partial charge in [-0.05, 0) is 30.5 Å². The van der Waals surface area contributed by atoms with E-state index in [0.717, 1.165) is 13.1 Å². The number of nitrogens with zero attached hydrogens (tertiary/aromatic N) is 1. The lowest BCUT2D eigenvalue weighted by Gasteiger charge is -2.36. The molecule has 0 aliphatic carbocycles. The van der Waals surface area contributed by atoms with Gasteiger partial charge in [-0.1, -0.05) is 41.1 Å². The van der Waals surface area contributed by atoms with Gasteiger partial charge < -0.3 is 4.74 Å². The summed E-state index contributed by atoms with van der Waals surface area (Å²) in [4.78, 5) is 2.48. The van der Waals surface area contributed by atoms with Gasteiger partial charge in [0.15, 0.2) is 0 Å². The van der Waals surface area contributed by atoms with Crippen LogP contribution in [0.1, 0.15) is 18.9 Å².